The van der Waals surface area contributed by atoms with Gasteiger partial charge in [-0.15, -0.1) is 24.2 Å². The Balaban J connectivity index is 0.00000441. The second-order valence-electron chi connectivity index (χ2n) is 5.04. The molecule has 22 heavy (non-hydrogen) atoms. The van der Waals surface area contributed by atoms with Gasteiger partial charge in [0.2, 0.25) is 5.91 Å². The minimum Gasteiger partial charge on any atom is -0.494 e. The minimum atomic E-state index is -0.292. The summed E-state index contributed by atoms with van der Waals surface area (Å²) in [5, 5.41) is 2.92. The van der Waals surface area contributed by atoms with Crippen LogP contribution in [0.5, 0.6) is 5.75 Å². The lowest BCUT2D eigenvalue weighted by atomic mass is 9.94. The number of carbonyl (C=O) groups excluding carboxylic acids is 1. The molecule has 0 aliphatic rings. The van der Waals surface area contributed by atoms with Gasteiger partial charge in [0.15, 0.2) is 0 Å². The highest BCUT2D eigenvalue weighted by Crippen LogP contribution is 2.21. The van der Waals surface area contributed by atoms with Crippen molar-refractivity contribution in [3.8, 4) is 5.75 Å². The molecule has 0 saturated carbocycles. The molecule has 0 unspecified atom stereocenters. The highest BCUT2D eigenvalue weighted by Gasteiger charge is 2.20. The number of nitrogens with one attached hydrogen (secondary N) is 1. The Morgan fingerprint density at radius 3 is 2.32 bits per heavy atom. The molecule has 126 valence electrons. The van der Waals surface area contributed by atoms with Gasteiger partial charge in [-0.1, -0.05) is 13.8 Å². The number of hydrogen-bond donors (Lipinski definition) is 2. The zero-order valence-electron chi connectivity index (χ0n) is 13.6. The number of halogens is 1. The summed E-state index contributed by atoms with van der Waals surface area (Å²) < 4.78 is 5.38. The van der Waals surface area contributed by atoms with E-state index in [0.29, 0.717) is 18.9 Å². The standard InChI is InChI=1S/C16H26N2O2S.ClH/c1-4-16(17,5-2)12-18-15(19)11-21-14-9-7-13(8-10-14)20-6-3;/h7-10H,4-6,11-12,17H2,1-3H3,(H,18,19);1H. The molecule has 0 aliphatic heterocycles. The molecule has 0 aliphatic carbocycles. The lowest BCUT2D eigenvalue weighted by Gasteiger charge is -2.26. The molecule has 0 spiro atoms. The zero-order chi connectivity index (χ0) is 15.7. The molecule has 1 amide bonds. The van der Waals surface area contributed by atoms with Gasteiger partial charge in [-0.3, -0.25) is 4.79 Å². The number of hydrogen-bond acceptors (Lipinski definition) is 4. The van der Waals surface area contributed by atoms with E-state index in [-0.39, 0.29) is 23.9 Å². The average Bonchev–Trinajstić information content (AvgIpc) is 2.52. The topological polar surface area (TPSA) is 64.3 Å². The molecule has 0 heterocycles. The van der Waals surface area contributed by atoms with Gasteiger partial charge in [0.25, 0.3) is 0 Å². The SMILES string of the molecule is CCOc1ccc(SCC(=O)NCC(N)(CC)CC)cc1.Cl. The van der Waals surface area contributed by atoms with Crippen LogP contribution in [0.3, 0.4) is 0 Å². The molecule has 3 N–H and O–H groups in total. The monoisotopic (exact) mass is 346 g/mol. The molecule has 1 rings (SSSR count). The maximum atomic E-state index is 11.9. The van der Waals surface area contributed by atoms with E-state index in [2.05, 4.69) is 5.32 Å². The average molecular weight is 347 g/mol. The second-order valence-corrected chi connectivity index (χ2v) is 6.09. The van der Waals surface area contributed by atoms with Gasteiger partial charge in [0, 0.05) is 17.0 Å². The molecule has 1 aromatic rings. The van der Waals surface area contributed by atoms with Crippen LogP contribution in [0.4, 0.5) is 0 Å². The second kappa shape index (κ2) is 10.8. The van der Waals surface area contributed by atoms with Crippen LogP contribution >= 0.6 is 24.2 Å². The Labute approximate surface area is 144 Å². The Bertz CT molecular complexity index is 436. The highest BCUT2D eigenvalue weighted by molar-refractivity contribution is 8.00. The van der Waals surface area contributed by atoms with Crippen LogP contribution in [0.2, 0.25) is 0 Å². The van der Waals surface area contributed by atoms with Gasteiger partial charge >= 0.3 is 0 Å². The van der Waals surface area contributed by atoms with Crippen molar-refractivity contribution in [3.63, 3.8) is 0 Å². The van der Waals surface area contributed by atoms with Gasteiger partial charge < -0.3 is 15.8 Å². The minimum absolute atomic E-state index is 0. The number of amides is 1. The van der Waals surface area contributed by atoms with Crippen molar-refractivity contribution >= 4 is 30.1 Å². The summed E-state index contributed by atoms with van der Waals surface area (Å²) in [6.07, 6.45) is 1.71. The summed E-state index contributed by atoms with van der Waals surface area (Å²) in [4.78, 5) is 12.9. The third kappa shape index (κ3) is 7.38. The Hall–Kier alpha value is -0.910. The molecule has 6 heteroatoms. The smallest absolute Gasteiger partial charge is 0.230 e. The summed E-state index contributed by atoms with van der Waals surface area (Å²) in [6.45, 7) is 7.24. The summed E-state index contributed by atoms with van der Waals surface area (Å²) in [7, 11) is 0. The summed E-state index contributed by atoms with van der Waals surface area (Å²) in [6, 6.07) is 7.77. The summed E-state index contributed by atoms with van der Waals surface area (Å²) >= 11 is 1.51. The molecule has 0 aromatic heterocycles. The van der Waals surface area contributed by atoms with Crippen LogP contribution in [-0.4, -0.2) is 30.4 Å². The first-order valence-electron chi connectivity index (χ1n) is 7.44. The first-order valence-corrected chi connectivity index (χ1v) is 8.42. The highest BCUT2D eigenvalue weighted by atomic mass is 35.5. The van der Waals surface area contributed by atoms with E-state index in [4.69, 9.17) is 10.5 Å². The molecular formula is C16H27ClN2O2S. The van der Waals surface area contributed by atoms with Crippen LogP contribution in [0.15, 0.2) is 29.2 Å². The normalized spacial score (nSPS) is 10.7. The zero-order valence-corrected chi connectivity index (χ0v) is 15.2. The lowest BCUT2D eigenvalue weighted by molar-refractivity contribution is -0.118. The van der Waals surface area contributed by atoms with Crippen molar-refractivity contribution in [1.82, 2.24) is 5.32 Å². The van der Waals surface area contributed by atoms with Crippen molar-refractivity contribution < 1.29 is 9.53 Å². The van der Waals surface area contributed by atoms with Crippen molar-refractivity contribution in [2.75, 3.05) is 18.9 Å². The molecule has 0 fully saturated rings. The number of benzene rings is 1. The van der Waals surface area contributed by atoms with Crippen LogP contribution in [0.1, 0.15) is 33.6 Å². The van der Waals surface area contributed by atoms with Crippen LogP contribution in [0, 0.1) is 0 Å². The van der Waals surface area contributed by atoms with Gasteiger partial charge in [-0.2, -0.15) is 0 Å². The van der Waals surface area contributed by atoms with Crippen LogP contribution < -0.4 is 15.8 Å². The van der Waals surface area contributed by atoms with Crippen molar-refractivity contribution in [1.29, 1.82) is 0 Å². The number of rotatable bonds is 9. The number of thioether (sulfide) groups is 1. The molecule has 4 nitrogen and oxygen atoms in total. The maximum absolute atomic E-state index is 11.9. The van der Waals surface area contributed by atoms with E-state index < -0.39 is 0 Å². The van der Waals surface area contributed by atoms with E-state index >= 15 is 0 Å². The van der Waals surface area contributed by atoms with Crippen LogP contribution in [-0.2, 0) is 4.79 Å². The quantitative estimate of drug-likeness (QED) is 0.674. The lowest BCUT2D eigenvalue weighted by Crippen LogP contribution is -2.49. The van der Waals surface area contributed by atoms with Crippen molar-refractivity contribution in [3.05, 3.63) is 24.3 Å². The Kier molecular flexibility index (Phi) is 10.3. The van der Waals surface area contributed by atoms with E-state index in [1.807, 2.05) is 45.0 Å². The van der Waals surface area contributed by atoms with Crippen molar-refractivity contribution in [2.24, 2.45) is 5.73 Å². The largest absolute Gasteiger partial charge is 0.494 e. The predicted molar refractivity (Wildman–Crippen MR) is 96.1 cm³/mol. The van der Waals surface area contributed by atoms with Gasteiger partial charge in [-0.05, 0) is 44.0 Å². The molecule has 0 saturated heterocycles. The fraction of sp³-hybridized carbons (Fsp3) is 0.562. The third-order valence-electron chi connectivity index (χ3n) is 3.55. The molecule has 0 bridgehead atoms. The Morgan fingerprint density at radius 1 is 1.23 bits per heavy atom. The molecule has 1 aromatic carbocycles. The van der Waals surface area contributed by atoms with Gasteiger partial charge in [-0.25, -0.2) is 0 Å². The van der Waals surface area contributed by atoms with E-state index in [1.165, 1.54) is 11.8 Å². The Morgan fingerprint density at radius 2 is 1.82 bits per heavy atom. The van der Waals surface area contributed by atoms with E-state index in [1.54, 1.807) is 0 Å². The van der Waals surface area contributed by atoms with Crippen molar-refractivity contribution in [2.45, 2.75) is 44.0 Å². The third-order valence-corrected chi connectivity index (χ3v) is 4.56. The number of ether oxygens (including phenoxy) is 1. The number of nitrogens with two attached hydrogens (primary N) is 1. The summed E-state index contributed by atoms with van der Waals surface area (Å²) in [5.41, 5.74) is 5.87. The first kappa shape index (κ1) is 21.1. The first-order chi connectivity index (χ1) is 10.0. The fourth-order valence-corrected chi connectivity index (χ4v) is 2.50. The van der Waals surface area contributed by atoms with E-state index in [0.717, 1.165) is 23.5 Å². The molecule has 0 atom stereocenters. The molecule has 0 radical (unpaired) electrons. The fourth-order valence-electron chi connectivity index (χ4n) is 1.77. The maximum Gasteiger partial charge on any atom is 0.230 e. The van der Waals surface area contributed by atoms with E-state index in [9.17, 15) is 4.79 Å². The molecular weight excluding hydrogens is 320 g/mol. The predicted octanol–water partition coefficient (Wildman–Crippen LogP) is 3.23. The summed E-state index contributed by atoms with van der Waals surface area (Å²) in [5.74, 6) is 1.27. The van der Waals surface area contributed by atoms with Gasteiger partial charge in [0.1, 0.15) is 5.75 Å². The number of carbonyl (C=O) groups is 1. The van der Waals surface area contributed by atoms with Crippen LogP contribution in [0.25, 0.3) is 0 Å². The van der Waals surface area contributed by atoms with Gasteiger partial charge in [0.05, 0.1) is 12.4 Å².